The van der Waals surface area contributed by atoms with Gasteiger partial charge < -0.3 is 4.90 Å². The second kappa shape index (κ2) is 13.4. The SMILES string of the molecule is CN(C(=O)c1ccc(S(=O)(=O)F)cc1)c1ccnc(N2CCC(c3ccccc3)CC2)n1.Cc1ccc(S(=O)(=O)O)cc1. The minimum Gasteiger partial charge on any atom is -0.341 e. The van der Waals surface area contributed by atoms with E-state index in [2.05, 4.69) is 39.1 Å². The summed E-state index contributed by atoms with van der Waals surface area (Å²) in [7, 11) is -7.25. The molecule has 0 aliphatic carbocycles. The van der Waals surface area contributed by atoms with Crippen LogP contribution in [0, 0.1) is 6.92 Å². The number of aryl methyl sites for hydroxylation is 1. The van der Waals surface area contributed by atoms with Crippen LogP contribution < -0.4 is 9.80 Å². The van der Waals surface area contributed by atoms with Crippen LogP contribution in [0.25, 0.3) is 0 Å². The number of hydrogen-bond donors (Lipinski definition) is 1. The molecule has 1 fully saturated rings. The highest BCUT2D eigenvalue weighted by atomic mass is 32.3. The fourth-order valence-corrected chi connectivity index (χ4v) is 5.53. The van der Waals surface area contributed by atoms with Crippen LogP contribution in [0.15, 0.2) is 101 Å². The van der Waals surface area contributed by atoms with Crippen LogP contribution in [-0.4, -0.2) is 57.4 Å². The van der Waals surface area contributed by atoms with E-state index < -0.39 is 25.2 Å². The summed E-state index contributed by atoms with van der Waals surface area (Å²) in [6, 6.07) is 22.8. The first kappa shape index (κ1) is 31.7. The Kier molecular flexibility index (Phi) is 9.89. The van der Waals surface area contributed by atoms with Gasteiger partial charge >= 0.3 is 10.2 Å². The number of piperidine rings is 1. The van der Waals surface area contributed by atoms with Gasteiger partial charge in [0.1, 0.15) is 5.82 Å². The Balaban J connectivity index is 0.000000324. The Morgan fingerprint density at radius 2 is 1.47 bits per heavy atom. The van der Waals surface area contributed by atoms with E-state index in [0.29, 0.717) is 17.7 Å². The highest BCUT2D eigenvalue weighted by molar-refractivity contribution is 7.86. The Morgan fingerprint density at radius 3 is 2.02 bits per heavy atom. The maximum atomic E-state index is 13.1. The number of amides is 1. The van der Waals surface area contributed by atoms with Gasteiger partial charge in [-0.2, -0.15) is 21.8 Å². The van der Waals surface area contributed by atoms with Crippen LogP contribution in [0.4, 0.5) is 15.7 Å². The number of nitrogens with zero attached hydrogens (tertiary/aromatic N) is 4. The number of rotatable bonds is 6. The van der Waals surface area contributed by atoms with E-state index in [1.165, 1.54) is 34.7 Å². The van der Waals surface area contributed by atoms with Gasteiger partial charge in [0.2, 0.25) is 5.95 Å². The summed E-state index contributed by atoms with van der Waals surface area (Å²) in [5.41, 5.74) is 2.53. The number of aromatic nitrogens is 2. The fraction of sp³-hybridized carbons (Fsp3) is 0.233. The van der Waals surface area contributed by atoms with E-state index in [1.807, 2.05) is 13.0 Å². The van der Waals surface area contributed by atoms with Crippen LogP contribution in [-0.2, 0) is 20.3 Å². The molecule has 1 aromatic heterocycles. The highest BCUT2D eigenvalue weighted by Crippen LogP contribution is 2.29. The first-order valence-electron chi connectivity index (χ1n) is 13.3. The molecule has 0 radical (unpaired) electrons. The molecule has 43 heavy (non-hydrogen) atoms. The molecule has 1 amide bonds. The average molecular weight is 627 g/mol. The molecule has 5 rings (SSSR count). The molecule has 1 saturated heterocycles. The first-order valence-corrected chi connectivity index (χ1v) is 16.1. The molecular weight excluding hydrogens is 595 g/mol. The lowest BCUT2D eigenvalue weighted by molar-refractivity contribution is 0.0992. The van der Waals surface area contributed by atoms with E-state index in [9.17, 15) is 25.5 Å². The van der Waals surface area contributed by atoms with Gasteiger partial charge in [0.05, 0.1) is 9.79 Å². The molecule has 0 spiro atoms. The molecule has 13 heteroatoms. The van der Waals surface area contributed by atoms with E-state index in [1.54, 1.807) is 31.4 Å². The quantitative estimate of drug-likeness (QED) is 0.231. The number of benzene rings is 3. The Labute approximate surface area is 250 Å². The molecular formula is C30H31FN4O6S2. The highest BCUT2D eigenvalue weighted by Gasteiger charge is 2.23. The lowest BCUT2D eigenvalue weighted by Crippen LogP contribution is -2.35. The van der Waals surface area contributed by atoms with Crippen molar-refractivity contribution < 1.29 is 30.1 Å². The minimum absolute atomic E-state index is 0.0666. The monoisotopic (exact) mass is 626 g/mol. The molecule has 0 saturated carbocycles. The smallest absolute Gasteiger partial charge is 0.332 e. The molecule has 0 atom stereocenters. The third kappa shape index (κ3) is 8.43. The van der Waals surface area contributed by atoms with Gasteiger partial charge in [-0.15, -0.1) is 3.89 Å². The van der Waals surface area contributed by atoms with E-state index in [0.717, 1.165) is 43.6 Å². The zero-order chi connectivity index (χ0) is 31.2. The summed E-state index contributed by atoms with van der Waals surface area (Å²) < 4.78 is 64.6. The van der Waals surface area contributed by atoms with Gasteiger partial charge in [-0.25, -0.2) is 4.98 Å². The van der Waals surface area contributed by atoms with Gasteiger partial charge in [0.25, 0.3) is 16.0 Å². The van der Waals surface area contributed by atoms with Crippen molar-refractivity contribution in [3.8, 4) is 0 Å². The van der Waals surface area contributed by atoms with Crippen molar-refractivity contribution >= 4 is 38.0 Å². The van der Waals surface area contributed by atoms with Crippen molar-refractivity contribution in [2.75, 3.05) is 29.9 Å². The summed E-state index contributed by atoms with van der Waals surface area (Å²) in [6.07, 6.45) is 3.61. The molecule has 3 aromatic carbocycles. The molecule has 10 nitrogen and oxygen atoms in total. The Hall–Kier alpha value is -4.20. The molecule has 0 unspecified atom stereocenters. The largest absolute Gasteiger partial charge is 0.341 e. The van der Waals surface area contributed by atoms with Gasteiger partial charge in [0, 0.05) is 31.9 Å². The molecule has 1 N–H and O–H groups in total. The zero-order valence-corrected chi connectivity index (χ0v) is 25.2. The van der Waals surface area contributed by atoms with Gasteiger partial charge in [-0.3, -0.25) is 14.2 Å². The summed E-state index contributed by atoms with van der Waals surface area (Å²) in [4.78, 5) is 24.7. The van der Waals surface area contributed by atoms with Crippen molar-refractivity contribution in [1.29, 1.82) is 0 Å². The second-order valence-electron chi connectivity index (χ2n) is 10.0. The summed E-state index contributed by atoms with van der Waals surface area (Å²) in [5, 5.41) is 0. The van der Waals surface area contributed by atoms with Crippen LogP contribution in [0.3, 0.4) is 0 Å². The lowest BCUT2D eigenvalue weighted by atomic mass is 9.90. The van der Waals surface area contributed by atoms with E-state index in [-0.39, 0.29) is 16.4 Å². The standard InChI is InChI=1S/C23H23FN4O3S.C7H8O3S/c1-27(22(29)19-7-9-20(10-8-19)32(24,30)31)21-11-14-25-23(26-21)28-15-12-18(13-16-28)17-5-3-2-4-6-17;1-6-2-4-7(5-3-6)11(8,9)10/h2-11,14,18H,12-13,15-16H2,1H3;2-5H,1H3,(H,8,9,10). The molecule has 1 aliphatic heterocycles. The van der Waals surface area contributed by atoms with Gasteiger partial charge in [-0.1, -0.05) is 48.0 Å². The predicted octanol–water partition coefficient (Wildman–Crippen LogP) is 5.04. The average Bonchev–Trinajstić information content (AvgIpc) is 3.01. The topological polar surface area (TPSA) is 138 Å². The first-order chi connectivity index (χ1) is 20.3. The summed E-state index contributed by atoms with van der Waals surface area (Å²) in [5.74, 6) is 1.11. The molecule has 0 bridgehead atoms. The normalized spacial score (nSPS) is 14.0. The van der Waals surface area contributed by atoms with Crippen molar-refractivity contribution in [3.05, 3.63) is 108 Å². The van der Waals surface area contributed by atoms with Crippen molar-refractivity contribution in [3.63, 3.8) is 0 Å². The second-order valence-corrected chi connectivity index (χ2v) is 12.8. The van der Waals surface area contributed by atoms with Gasteiger partial charge in [0.15, 0.2) is 0 Å². The van der Waals surface area contributed by atoms with Crippen molar-refractivity contribution in [2.45, 2.75) is 35.5 Å². The third-order valence-corrected chi connectivity index (χ3v) is 8.73. The molecule has 226 valence electrons. The predicted molar refractivity (Wildman–Crippen MR) is 161 cm³/mol. The summed E-state index contributed by atoms with van der Waals surface area (Å²) >= 11 is 0. The third-order valence-electron chi connectivity index (χ3n) is 7.03. The summed E-state index contributed by atoms with van der Waals surface area (Å²) in [6.45, 7) is 3.48. The van der Waals surface area contributed by atoms with Crippen molar-refractivity contribution in [2.24, 2.45) is 0 Å². The number of carbonyl (C=O) groups excluding carboxylic acids is 1. The molecule has 1 aliphatic rings. The number of hydrogen-bond acceptors (Lipinski definition) is 8. The number of halogens is 1. The Morgan fingerprint density at radius 1 is 0.884 bits per heavy atom. The number of anilines is 2. The lowest BCUT2D eigenvalue weighted by Gasteiger charge is -2.32. The van der Waals surface area contributed by atoms with E-state index in [4.69, 9.17) is 4.55 Å². The minimum atomic E-state index is -4.81. The van der Waals surface area contributed by atoms with E-state index >= 15 is 0 Å². The maximum absolute atomic E-state index is 13.1. The zero-order valence-electron chi connectivity index (χ0n) is 23.5. The number of carbonyl (C=O) groups is 1. The molecule has 4 aromatic rings. The van der Waals surface area contributed by atoms with Gasteiger partial charge in [-0.05, 0) is 73.7 Å². The molecule has 2 heterocycles. The van der Waals surface area contributed by atoms with Crippen LogP contribution in [0.1, 0.15) is 40.2 Å². The van der Waals surface area contributed by atoms with Crippen LogP contribution in [0.2, 0.25) is 0 Å². The Bertz CT molecular complexity index is 1760. The van der Waals surface area contributed by atoms with Crippen LogP contribution >= 0.6 is 0 Å². The fourth-order valence-electron chi connectivity index (χ4n) is 4.58. The van der Waals surface area contributed by atoms with Crippen molar-refractivity contribution in [1.82, 2.24) is 9.97 Å². The maximum Gasteiger partial charge on any atom is 0.332 e. The van der Waals surface area contributed by atoms with Crippen LogP contribution in [0.5, 0.6) is 0 Å².